The molecule has 3 fully saturated rings. The highest BCUT2D eigenvalue weighted by Crippen LogP contribution is 2.70. The third-order valence-corrected chi connectivity index (χ3v) is 9.11. The number of aliphatic hydroxyl groups excluding tert-OH is 1. The van der Waals surface area contributed by atoms with E-state index in [0.717, 1.165) is 37.9 Å². The van der Waals surface area contributed by atoms with Crippen LogP contribution in [0, 0.1) is 34.5 Å². The topological polar surface area (TPSA) is 87.1 Å². The molecule has 0 radical (unpaired) electrons. The van der Waals surface area contributed by atoms with E-state index in [1.54, 1.807) is 6.08 Å². The van der Waals surface area contributed by atoms with Crippen LogP contribution in [-0.2, 0) is 14.3 Å². The molecule has 5 nitrogen and oxygen atoms in total. The largest absolute Gasteiger partial charge is 0.449 e. The molecule has 3 saturated carbocycles. The zero-order valence-electron chi connectivity index (χ0n) is 16.2. The number of hydrogen-bond donors (Lipinski definition) is 2. The Kier molecular flexibility index (Phi) is 3.34. The van der Waals surface area contributed by atoms with E-state index >= 15 is 0 Å². The number of ketones is 2. The van der Waals surface area contributed by atoms with E-state index in [2.05, 4.69) is 13.8 Å². The summed E-state index contributed by atoms with van der Waals surface area (Å²) in [6, 6.07) is 0. The fourth-order valence-corrected chi connectivity index (χ4v) is 7.62. The number of hydrogen-bond acceptors (Lipinski definition) is 5. The molecule has 0 spiro atoms. The van der Waals surface area contributed by atoms with E-state index in [0.29, 0.717) is 17.6 Å². The van der Waals surface area contributed by atoms with Gasteiger partial charge >= 0.3 is 0 Å². The Bertz CT molecular complexity index is 825. The maximum atomic E-state index is 12.6. The summed E-state index contributed by atoms with van der Waals surface area (Å²) in [5.41, 5.74) is -0.964. The van der Waals surface area contributed by atoms with Gasteiger partial charge in [-0.3, -0.25) is 9.59 Å². The third kappa shape index (κ3) is 1.83. The molecule has 5 aliphatic rings. The first-order valence-electron chi connectivity index (χ1n) is 10.2. The van der Waals surface area contributed by atoms with E-state index in [4.69, 9.17) is 4.74 Å². The van der Waals surface area contributed by atoms with Crippen LogP contribution in [0.2, 0.25) is 0 Å². The molecule has 2 N–H and O–H groups in total. The molecule has 4 aliphatic carbocycles. The quantitative estimate of drug-likeness (QED) is 0.778. The predicted molar refractivity (Wildman–Crippen MR) is 97.2 cm³/mol. The second-order valence-corrected chi connectivity index (χ2v) is 9.85. The standard InChI is InChI=1S/C22H28O5/c1-11-8-15-13-5-4-12-9-16(24)18-19(27-18)21(12,3)14(13)6-7-20(15,2)22(11,26)17(25)10-23/h9,11,13-15,23,26H,4-8,10H2,1-3H3/t11-,13-,14+,15+,20+,21+,22+/m1/s1. The third-order valence-electron chi connectivity index (χ3n) is 9.11. The minimum Gasteiger partial charge on any atom is -0.449 e. The molecular weight excluding hydrogens is 344 g/mol. The van der Waals surface area contributed by atoms with Crippen LogP contribution in [-0.4, -0.2) is 34.0 Å². The number of carbonyl (C=O) groups excluding carboxylic acids is 2. The maximum absolute atomic E-state index is 12.6. The van der Waals surface area contributed by atoms with Gasteiger partial charge in [0, 0.05) is 5.41 Å². The smallest absolute Gasteiger partial charge is 0.224 e. The first-order chi connectivity index (χ1) is 12.7. The van der Waals surface area contributed by atoms with Gasteiger partial charge in [-0.05, 0) is 68.8 Å². The fraction of sp³-hybridized carbons (Fsp3) is 0.727. The van der Waals surface area contributed by atoms with Gasteiger partial charge in [-0.25, -0.2) is 0 Å². The summed E-state index contributed by atoms with van der Waals surface area (Å²) >= 11 is 0. The van der Waals surface area contributed by atoms with Crippen molar-refractivity contribution in [3.8, 4) is 0 Å². The fourth-order valence-electron chi connectivity index (χ4n) is 7.62. The van der Waals surface area contributed by atoms with Crippen LogP contribution >= 0.6 is 0 Å². The van der Waals surface area contributed by atoms with Crippen molar-refractivity contribution in [1.82, 2.24) is 0 Å². The van der Waals surface area contributed by atoms with Crippen molar-refractivity contribution in [2.75, 3.05) is 6.61 Å². The Morgan fingerprint density at radius 2 is 2.04 bits per heavy atom. The van der Waals surface area contributed by atoms with Gasteiger partial charge in [0.25, 0.3) is 0 Å². The lowest BCUT2D eigenvalue weighted by Crippen LogP contribution is -2.59. The van der Waals surface area contributed by atoms with Crippen molar-refractivity contribution in [2.45, 2.75) is 58.5 Å². The van der Waals surface area contributed by atoms with Crippen molar-refractivity contribution in [3.63, 3.8) is 0 Å². The number of ether oxygens (including phenoxy) is 1. The molecule has 146 valence electrons. The molecule has 0 aromatic rings. The average Bonchev–Trinajstić information content (AvgIpc) is 3.42. The van der Waals surface area contributed by atoms with Gasteiger partial charge in [-0.2, -0.15) is 0 Å². The van der Waals surface area contributed by atoms with Gasteiger partial charge in [-0.15, -0.1) is 0 Å². The highest BCUT2D eigenvalue weighted by Gasteiger charge is 2.70. The van der Waals surface area contributed by atoms with Gasteiger partial charge in [0.2, 0.25) is 11.5 Å². The summed E-state index contributed by atoms with van der Waals surface area (Å²) in [7, 11) is 0. The molecule has 0 aromatic heterocycles. The normalized spacial score (nSPS) is 50.1. The van der Waals surface area contributed by atoms with Gasteiger partial charge < -0.3 is 14.9 Å². The van der Waals surface area contributed by atoms with Crippen molar-refractivity contribution < 1.29 is 24.5 Å². The summed E-state index contributed by atoms with van der Waals surface area (Å²) in [6.07, 6.45) is 6.10. The van der Waals surface area contributed by atoms with Crippen molar-refractivity contribution in [1.29, 1.82) is 0 Å². The number of carbonyl (C=O) groups is 2. The first-order valence-corrected chi connectivity index (χ1v) is 10.2. The van der Waals surface area contributed by atoms with Gasteiger partial charge in [-0.1, -0.05) is 19.4 Å². The Hall–Kier alpha value is -1.46. The molecule has 0 aromatic carbocycles. The lowest BCUT2D eigenvalue weighted by Gasteiger charge is -2.57. The summed E-state index contributed by atoms with van der Waals surface area (Å²) in [5.74, 6) is 1.84. The van der Waals surface area contributed by atoms with Crippen LogP contribution in [0.4, 0.5) is 0 Å². The van der Waals surface area contributed by atoms with Crippen LogP contribution in [0.15, 0.2) is 23.2 Å². The first kappa shape index (κ1) is 17.6. The minimum atomic E-state index is -1.45. The second kappa shape index (κ2) is 5.12. The van der Waals surface area contributed by atoms with Crippen LogP contribution < -0.4 is 0 Å². The Morgan fingerprint density at radius 1 is 1.30 bits per heavy atom. The number of fused-ring (bicyclic) bond motifs is 6. The lowest BCUT2D eigenvalue weighted by atomic mass is 9.47. The molecule has 0 saturated heterocycles. The SMILES string of the molecule is C[C@@H]1C[C@H]2[C@@H]3CCC4=CC(=O)C5=C(O5)[C@]4(C)[C@H]3CC[C@]2(C)[C@@]1(O)C(=O)CO. The van der Waals surface area contributed by atoms with Crippen LogP contribution in [0.25, 0.3) is 0 Å². The maximum Gasteiger partial charge on any atom is 0.224 e. The van der Waals surface area contributed by atoms with Crippen LogP contribution in [0.5, 0.6) is 0 Å². The number of Topliss-reactive ketones (excluding diaryl/α,β-unsaturated/α-hetero) is 1. The monoisotopic (exact) mass is 372 g/mol. The zero-order valence-corrected chi connectivity index (χ0v) is 16.2. The Balaban J connectivity index is 1.55. The average molecular weight is 372 g/mol. The molecule has 0 amide bonds. The van der Waals surface area contributed by atoms with Gasteiger partial charge in [0.15, 0.2) is 11.5 Å². The van der Waals surface area contributed by atoms with Crippen LogP contribution in [0.3, 0.4) is 0 Å². The van der Waals surface area contributed by atoms with E-state index in [-0.39, 0.29) is 23.0 Å². The van der Waals surface area contributed by atoms with Gasteiger partial charge in [0.1, 0.15) is 12.2 Å². The molecule has 27 heavy (non-hydrogen) atoms. The highest BCUT2D eigenvalue weighted by molar-refractivity contribution is 6.07. The second-order valence-electron chi connectivity index (χ2n) is 9.85. The number of aliphatic hydroxyl groups is 2. The van der Waals surface area contributed by atoms with Gasteiger partial charge in [0.05, 0.1) is 5.41 Å². The molecule has 5 rings (SSSR count). The predicted octanol–water partition coefficient (Wildman–Crippen LogP) is 2.52. The lowest BCUT2D eigenvalue weighted by molar-refractivity contribution is -0.169. The van der Waals surface area contributed by atoms with Crippen molar-refractivity contribution >= 4 is 11.6 Å². The molecule has 5 heteroatoms. The molecule has 7 atom stereocenters. The Morgan fingerprint density at radius 3 is 2.74 bits per heavy atom. The zero-order chi connectivity index (χ0) is 19.4. The van der Waals surface area contributed by atoms with Crippen molar-refractivity contribution in [3.05, 3.63) is 23.2 Å². The Labute approximate surface area is 159 Å². The molecule has 1 aliphatic heterocycles. The van der Waals surface area contributed by atoms with Crippen molar-refractivity contribution in [2.24, 2.45) is 34.5 Å². The number of allylic oxidation sites excluding steroid dienone is 2. The van der Waals surface area contributed by atoms with E-state index in [1.807, 2.05) is 6.92 Å². The summed E-state index contributed by atoms with van der Waals surface area (Å²) < 4.78 is 5.66. The molecule has 0 bridgehead atoms. The van der Waals surface area contributed by atoms with Crippen LogP contribution in [0.1, 0.15) is 52.9 Å². The molecule has 0 unspecified atom stereocenters. The molecular formula is C22H28O5. The number of rotatable bonds is 2. The van der Waals surface area contributed by atoms with E-state index in [9.17, 15) is 19.8 Å². The summed E-state index contributed by atoms with van der Waals surface area (Å²) in [6.45, 7) is 5.62. The van der Waals surface area contributed by atoms with E-state index in [1.165, 1.54) is 5.57 Å². The van der Waals surface area contributed by atoms with E-state index < -0.39 is 23.4 Å². The highest BCUT2D eigenvalue weighted by atomic mass is 16.6. The molecule has 1 heterocycles. The minimum absolute atomic E-state index is 0.00831. The summed E-state index contributed by atoms with van der Waals surface area (Å²) in [4.78, 5) is 24.7. The summed E-state index contributed by atoms with van der Waals surface area (Å²) in [5, 5.41) is 21.0.